The second-order valence-corrected chi connectivity index (χ2v) is 8.18. The topological polar surface area (TPSA) is 68.8 Å². The molecular weight excluding hydrogens is 366 g/mol. The molecule has 3 aliphatic heterocycles. The van der Waals surface area contributed by atoms with E-state index in [-0.39, 0.29) is 18.0 Å². The van der Waals surface area contributed by atoms with Crippen LogP contribution in [0, 0.1) is 5.92 Å². The van der Waals surface area contributed by atoms with E-state index < -0.39 is 0 Å². The highest BCUT2D eigenvalue weighted by Gasteiger charge is 2.41. The molecule has 2 aromatic rings. The molecule has 2 fully saturated rings. The zero-order chi connectivity index (χ0) is 20.0. The molecule has 5 rings (SSSR count). The number of anilines is 3. The maximum atomic E-state index is 13.9. The van der Waals surface area contributed by atoms with Gasteiger partial charge < -0.3 is 15.1 Å². The molecule has 0 spiro atoms. The second kappa shape index (κ2) is 7.15. The summed E-state index contributed by atoms with van der Waals surface area (Å²) in [7, 11) is 2.15. The number of fused-ring (bicyclic) bond motifs is 3. The van der Waals surface area contributed by atoms with Gasteiger partial charge in [0, 0.05) is 25.3 Å². The van der Waals surface area contributed by atoms with Crippen molar-refractivity contribution in [3.8, 4) is 0 Å². The lowest BCUT2D eigenvalue weighted by Gasteiger charge is -2.47. The Balaban J connectivity index is 1.58. The predicted molar refractivity (Wildman–Crippen MR) is 111 cm³/mol. The third kappa shape index (κ3) is 3.06. The summed E-state index contributed by atoms with van der Waals surface area (Å²) in [6.45, 7) is 2.77. The molecular formula is C22H25N5O2. The fourth-order valence-corrected chi connectivity index (χ4v) is 4.98. The number of carbonyl (C=O) groups excluding carboxylic acids is 2. The molecule has 2 saturated heterocycles. The quantitative estimate of drug-likeness (QED) is 0.748. The van der Waals surface area contributed by atoms with Crippen LogP contribution in [0.5, 0.6) is 0 Å². The Morgan fingerprint density at radius 3 is 2.90 bits per heavy atom. The van der Waals surface area contributed by atoms with E-state index in [0.717, 1.165) is 38.9 Å². The van der Waals surface area contributed by atoms with Crippen molar-refractivity contribution in [2.75, 3.05) is 36.9 Å². The van der Waals surface area contributed by atoms with Crippen LogP contribution in [-0.4, -0.2) is 59.4 Å². The normalized spacial score (nSPS) is 24.1. The second-order valence-electron chi connectivity index (χ2n) is 8.18. The Labute approximate surface area is 170 Å². The molecule has 0 aliphatic carbocycles. The monoisotopic (exact) mass is 391 g/mol. The number of likely N-dealkylation sites (tertiary alicyclic amines) is 2. The number of urea groups is 1. The SMILES string of the molecule is CN1CC[C@@H]2[C@H](CCCN2C(=O)N2c3ccccc3C(=O)Nc3cccnc32)C1. The van der Waals surface area contributed by atoms with Gasteiger partial charge in [0.25, 0.3) is 5.91 Å². The third-order valence-corrected chi connectivity index (χ3v) is 6.34. The molecule has 0 bridgehead atoms. The number of carbonyl (C=O) groups is 2. The number of nitrogens with one attached hydrogen (secondary N) is 1. The van der Waals surface area contributed by atoms with Gasteiger partial charge in [-0.25, -0.2) is 14.7 Å². The highest BCUT2D eigenvalue weighted by atomic mass is 16.2. The van der Waals surface area contributed by atoms with E-state index in [1.165, 1.54) is 0 Å². The summed E-state index contributed by atoms with van der Waals surface area (Å²) < 4.78 is 0. The summed E-state index contributed by atoms with van der Waals surface area (Å²) in [4.78, 5) is 37.2. The molecule has 7 nitrogen and oxygen atoms in total. The summed E-state index contributed by atoms with van der Waals surface area (Å²) in [6, 6.07) is 11.0. The minimum atomic E-state index is -0.221. The smallest absolute Gasteiger partial charge is 0.321 e. The summed E-state index contributed by atoms with van der Waals surface area (Å²) >= 11 is 0. The first-order valence-electron chi connectivity index (χ1n) is 10.3. The first-order valence-corrected chi connectivity index (χ1v) is 10.3. The van der Waals surface area contributed by atoms with Crippen molar-refractivity contribution in [2.45, 2.75) is 25.3 Å². The Kier molecular flexibility index (Phi) is 4.47. The number of pyridine rings is 1. The molecule has 1 aromatic carbocycles. The molecule has 3 amide bonds. The van der Waals surface area contributed by atoms with Gasteiger partial charge in [0.15, 0.2) is 5.82 Å². The van der Waals surface area contributed by atoms with Gasteiger partial charge in [0.05, 0.1) is 16.9 Å². The van der Waals surface area contributed by atoms with Gasteiger partial charge in [0.2, 0.25) is 0 Å². The van der Waals surface area contributed by atoms with Crippen LogP contribution >= 0.6 is 0 Å². The zero-order valence-corrected chi connectivity index (χ0v) is 16.5. The van der Waals surface area contributed by atoms with Crippen molar-refractivity contribution in [1.82, 2.24) is 14.8 Å². The lowest BCUT2D eigenvalue weighted by molar-refractivity contribution is 0.0564. The molecule has 4 heterocycles. The van der Waals surface area contributed by atoms with Crippen LogP contribution in [0.1, 0.15) is 29.6 Å². The molecule has 150 valence electrons. The zero-order valence-electron chi connectivity index (χ0n) is 16.5. The van der Waals surface area contributed by atoms with Crippen molar-refractivity contribution in [3.05, 3.63) is 48.2 Å². The van der Waals surface area contributed by atoms with Gasteiger partial charge in [-0.15, -0.1) is 0 Å². The standard InChI is InChI=1S/C22H25N5O2/c1-25-13-10-18-15(14-25)6-5-12-26(18)22(29)27-19-9-3-2-7-16(19)21(28)24-17-8-4-11-23-20(17)27/h2-4,7-9,11,15,18H,5-6,10,12-14H2,1H3,(H,24,28)/t15-,18-/m1/s1. The molecule has 0 saturated carbocycles. The van der Waals surface area contributed by atoms with Crippen LogP contribution in [0.15, 0.2) is 42.6 Å². The van der Waals surface area contributed by atoms with E-state index in [2.05, 4.69) is 22.2 Å². The van der Waals surface area contributed by atoms with Crippen molar-refractivity contribution < 1.29 is 9.59 Å². The van der Waals surface area contributed by atoms with Crippen LogP contribution < -0.4 is 10.2 Å². The third-order valence-electron chi connectivity index (χ3n) is 6.34. The van der Waals surface area contributed by atoms with Crippen molar-refractivity contribution in [2.24, 2.45) is 5.92 Å². The molecule has 3 aliphatic rings. The molecule has 29 heavy (non-hydrogen) atoms. The van der Waals surface area contributed by atoms with Crippen LogP contribution in [-0.2, 0) is 0 Å². The predicted octanol–water partition coefficient (Wildman–Crippen LogP) is 3.32. The Morgan fingerprint density at radius 1 is 1.14 bits per heavy atom. The Bertz CT molecular complexity index is 962. The van der Waals surface area contributed by atoms with E-state index in [1.807, 2.05) is 23.1 Å². The molecule has 1 N–H and O–H groups in total. The number of nitrogens with zero attached hydrogens (tertiary/aromatic N) is 4. The molecule has 0 unspecified atom stereocenters. The minimum Gasteiger partial charge on any atom is -0.321 e. The van der Waals surface area contributed by atoms with Gasteiger partial charge in [-0.1, -0.05) is 12.1 Å². The number of hydrogen-bond acceptors (Lipinski definition) is 4. The summed E-state index contributed by atoms with van der Waals surface area (Å²) in [5.74, 6) is 0.753. The molecule has 7 heteroatoms. The highest BCUT2D eigenvalue weighted by Crippen LogP contribution is 2.39. The van der Waals surface area contributed by atoms with Gasteiger partial charge in [-0.2, -0.15) is 0 Å². The highest BCUT2D eigenvalue weighted by molar-refractivity contribution is 6.16. The number of rotatable bonds is 0. The number of piperidine rings is 2. The van der Waals surface area contributed by atoms with Crippen LogP contribution in [0.3, 0.4) is 0 Å². The number of amides is 3. The Hall–Kier alpha value is -2.93. The van der Waals surface area contributed by atoms with E-state index in [0.29, 0.717) is 28.7 Å². The summed E-state index contributed by atoms with van der Waals surface area (Å²) in [5, 5.41) is 2.91. The first-order chi connectivity index (χ1) is 14.1. The number of aromatic nitrogens is 1. The molecule has 0 radical (unpaired) electrons. The largest absolute Gasteiger partial charge is 0.330 e. The van der Waals surface area contributed by atoms with Gasteiger partial charge in [0.1, 0.15) is 0 Å². The van der Waals surface area contributed by atoms with Crippen LogP contribution in [0.4, 0.5) is 22.0 Å². The van der Waals surface area contributed by atoms with Crippen molar-refractivity contribution in [1.29, 1.82) is 0 Å². The average molecular weight is 391 g/mol. The maximum absolute atomic E-state index is 13.9. The minimum absolute atomic E-state index is 0.0897. The van der Waals surface area contributed by atoms with E-state index in [4.69, 9.17) is 0 Å². The van der Waals surface area contributed by atoms with E-state index in [9.17, 15) is 9.59 Å². The maximum Gasteiger partial charge on any atom is 0.330 e. The lowest BCUT2D eigenvalue weighted by Crippen LogP contribution is -2.57. The van der Waals surface area contributed by atoms with Crippen LogP contribution in [0.25, 0.3) is 0 Å². The number of hydrogen-bond donors (Lipinski definition) is 1. The fourth-order valence-electron chi connectivity index (χ4n) is 4.98. The first kappa shape index (κ1) is 18.1. The average Bonchev–Trinajstić information content (AvgIpc) is 2.86. The van der Waals surface area contributed by atoms with Gasteiger partial charge in [-0.3, -0.25) is 4.79 Å². The van der Waals surface area contributed by atoms with Crippen molar-refractivity contribution >= 4 is 29.1 Å². The molecule has 2 atom stereocenters. The Morgan fingerprint density at radius 2 is 2.00 bits per heavy atom. The van der Waals surface area contributed by atoms with E-state index >= 15 is 0 Å². The lowest BCUT2D eigenvalue weighted by atomic mass is 9.84. The van der Waals surface area contributed by atoms with Crippen LogP contribution in [0.2, 0.25) is 0 Å². The fraction of sp³-hybridized carbons (Fsp3) is 0.409. The summed E-state index contributed by atoms with van der Waals surface area (Å²) in [6.07, 6.45) is 4.80. The number of benzene rings is 1. The number of para-hydroxylation sites is 1. The molecule has 1 aromatic heterocycles. The van der Waals surface area contributed by atoms with Crippen molar-refractivity contribution in [3.63, 3.8) is 0 Å². The van der Waals surface area contributed by atoms with Gasteiger partial charge >= 0.3 is 6.03 Å². The van der Waals surface area contributed by atoms with Gasteiger partial charge in [-0.05, 0) is 63.0 Å². The summed E-state index contributed by atoms with van der Waals surface area (Å²) in [5.41, 5.74) is 1.62. The van der Waals surface area contributed by atoms with E-state index in [1.54, 1.807) is 29.3 Å².